The Morgan fingerprint density at radius 3 is 2.50 bits per heavy atom. The Hall–Kier alpha value is -2.64. The number of ether oxygens (including phenoxy) is 1. The van der Waals surface area contributed by atoms with Gasteiger partial charge in [-0.3, -0.25) is 4.98 Å². The number of carbonyl (C=O) groups is 1. The van der Waals surface area contributed by atoms with E-state index in [1.165, 1.54) is 12.4 Å². The zero-order valence-corrected chi connectivity index (χ0v) is 17.0. The van der Waals surface area contributed by atoms with Crippen LogP contribution in [0.5, 0.6) is 11.6 Å². The fourth-order valence-electron chi connectivity index (χ4n) is 2.77. The number of imidazole rings is 1. The van der Waals surface area contributed by atoms with E-state index in [1.54, 1.807) is 29.7 Å². The number of aromatic nitrogens is 4. The third-order valence-corrected chi connectivity index (χ3v) is 4.45. The van der Waals surface area contributed by atoms with E-state index in [0.29, 0.717) is 33.8 Å². The van der Waals surface area contributed by atoms with Gasteiger partial charge in [-0.15, -0.1) is 0 Å². The summed E-state index contributed by atoms with van der Waals surface area (Å²) in [5.41, 5.74) is 0.924. The molecule has 0 unspecified atom stereocenters. The second-order valence-electron chi connectivity index (χ2n) is 6.57. The minimum Gasteiger partial charge on any atom is -0.477 e. The van der Waals surface area contributed by atoms with Crippen molar-refractivity contribution in [3.63, 3.8) is 0 Å². The summed E-state index contributed by atoms with van der Waals surface area (Å²) in [4.78, 5) is 24.7. The molecule has 0 aliphatic rings. The molecule has 1 N–H and O–H groups in total. The fraction of sp³-hybridized carbons (Fsp3) is 0.263. The molecule has 146 valence electrons. The van der Waals surface area contributed by atoms with Crippen LogP contribution in [0.4, 0.5) is 0 Å². The first-order chi connectivity index (χ1) is 13.3. The quantitative estimate of drug-likeness (QED) is 0.596. The van der Waals surface area contributed by atoms with Gasteiger partial charge >= 0.3 is 5.97 Å². The Balaban J connectivity index is 2.05. The van der Waals surface area contributed by atoms with Crippen molar-refractivity contribution in [3.05, 3.63) is 52.0 Å². The molecule has 1 aromatic carbocycles. The van der Waals surface area contributed by atoms with Crippen molar-refractivity contribution in [2.24, 2.45) is 5.92 Å². The molecule has 0 aliphatic heterocycles. The van der Waals surface area contributed by atoms with Gasteiger partial charge in [-0.25, -0.2) is 14.8 Å². The molecule has 2 heterocycles. The number of rotatable bonds is 6. The van der Waals surface area contributed by atoms with Crippen LogP contribution in [0, 0.1) is 12.8 Å². The van der Waals surface area contributed by atoms with Gasteiger partial charge in [0.25, 0.3) is 0 Å². The van der Waals surface area contributed by atoms with E-state index in [2.05, 4.69) is 15.0 Å². The van der Waals surface area contributed by atoms with E-state index in [4.69, 9.17) is 27.9 Å². The zero-order chi connectivity index (χ0) is 20.4. The van der Waals surface area contributed by atoms with E-state index >= 15 is 0 Å². The van der Waals surface area contributed by atoms with Crippen LogP contribution < -0.4 is 4.74 Å². The highest BCUT2D eigenvalue weighted by atomic mass is 35.5. The van der Waals surface area contributed by atoms with Gasteiger partial charge in [-0.2, -0.15) is 0 Å². The molecule has 0 bridgehead atoms. The summed E-state index contributed by atoms with van der Waals surface area (Å²) in [5, 5.41) is 10.3. The van der Waals surface area contributed by atoms with Crippen molar-refractivity contribution in [1.82, 2.24) is 19.5 Å². The number of aryl methyl sites for hydroxylation is 1. The molecule has 0 aliphatic carbocycles. The zero-order valence-electron chi connectivity index (χ0n) is 15.5. The summed E-state index contributed by atoms with van der Waals surface area (Å²) < 4.78 is 7.35. The Labute approximate surface area is 171 Å². The van der Waals surface area contributed by atoms with Crippen molar-refractivity contribution in [2.45, 2.75) is 27.3 Å². The van der Waals surface area contributed by atoms with Crippen molar-refractivity contribution < 1.29 is 14.6 Å². The number of para-hydroxylation sites is 1. The lowest BCUT2D eigenvalue weighted by Crippen LogP contribution is -2.14. The summed E-state index contributed by atoms with van der Waals surface area (Å²) in [6, 6.07) is 5.01. The normalized spacial score (nSPS) is 11.1. The Kier molecular flexibility index (Phi) is 5.86. The van der Waals surface area contributed by atoms with Crippen LogP contribution in [0.2, 0.25) is 10.0 Å². The predicted octanol–water partition coefficient (Wildman–Crippen LogP) is 5.10. The second-order valence-corrected chi connectivity index (χ2v) is 7.39. The molecule has 0 amide bonds. The van der Waals surface area contributed by atoms with E-state index < -0.39 is 5.97 Å². The third-order valence-electron chi connectivity index (χ3n) is 3.86. The first kappa shape index (κ1) is 20.1. The van der Waals surface area contributed by atoms with Crippen LogP contribution in [0.3, 0.4) is 0 Å². The van der Waals surface area contributed by atoms with Gasteiger partial charge in [0.1, 0.15) is 5.69 Å². The van der Waals surface area contributed by atoms with Crippen LogP contribution in [-0.4, -0.2) is 30.6 Å². The average molecular weight is 421 g/mol. The summed E-state index contributed by atoms with van der Waals surface area (Å²) in [5.74, 6) is 0.0121. The average Bonchev–Trinajstić information content (AvgIpc) is 2.94. The number of benzene rings is 1. The highest BCUT2D eigenvalue weighted by Gasteiger charge is 2.23. The largest absolute Gasteiger partial charge is 0.477 e. The lowest BCUT2D eigenvalue weighted by Gasteiger charge is -2.13. The van der Waals surface area contributed by atoms with Gasteiger partial charge in [-0.05, 0) is 25.0 Å². The molecule has 0 saturated heterocycles. The van der Waals surface area contributed by atoms with Crippen LogP contribution in [0.25, 0.3) is 11.5 Å². The molecule has 9 heteroatoms. The topological polar surface area (TPSA) is 90.1 Å². The number of aromatic carboxylic acids is 1. The van der Waals surface area contributed by atoms with Crippen molar-refractivity contribution in [3.8, 4) is 23.1 Å². The van der Waals surface area contributed by atoms with Gasteiger partial charge in [0.2, 0.25) is 5.88 Å². The number of carboxylic acids is 1. The highest BCUT2D eigenvalue weighted by Crippen LogP contribution is 2.35. The molecule has 0 atom stereocenters. The Morgan fingerprint density at radius 1 is 1.21 bits per heavy atom. The molecule has 0 radical (unpaired) electrons. The maximum Gasteiger partial charge on any atom is 0.354 e. The molecule has 28 heavy (non-hydrogen) atoms. The summed E-state index contributed by atoms with van der Waals surface area (Å²) in [6.45, 7) is 6.12. The molecular formula is C19H18Cl2N4O3. The molecule has 3 rings (SSSR count). The second kappa shape index (κ2) is 8.16. The van der Waals surface area contributed by atoms with Crippen LogP contribution >= 0.6 is 23.2 Å². The maximum absolute atomic E-state index is 11.7. The van der Waals surface area contributed by atoms with Gasteiger partial charge in [-0.1, -0.05) is 43.1 Å². The number of hydrogen-bond acceptors (Lipinski definition) is 5. The highest BCUT2D eigenvalue weighted by molar-refractivity contribution is 6.37. The molecule has 2 aromatic heterocycles. The summed E-state index contributed by atoms with van der Waals surface area (Å²) in [7, 11) is 0. The van der Waals surface area contributed by atoms with E-state index in [1.807, 2.05) is 13.8 Å². The van der Waals surface area contributed by atoms with Crippen molar-refractivity contribution in [2.75, 3.05) is 0 Å². The number of halogens is 2. The van der Waals surface area contributed by atoms with E-state index in [-0.39, 0.29) is 23.2 Å². The smallest absolute Gasteiger partial charge is 0.354 e. The van der Waals surface area contributed by atoms with E-state index in [9.17, 15) is 9.90 Å². The SMILES string of the molecule is Cc1nc(-c2cncc(Oc3c(Cl)cccc3Cl)n2)n(CC(C)C)c1C(=O)O. The third kappa shape index (κ3) is 4.10. The summed E-state index contributed by atoms with van der Waals surface area (Å²) >= 11 is 12.3. The van der Waals surface area contributed by atoms with Crippen molar-refractivity contribution >= 4 is 29.2 Å². The molecule has 0 saturated carbocycles. The summed E-state index contributed by atoms with van der Waals surface area (Å²) in [6.07, 6.45) is 2.93. The molecule has 7 nitrogen and oxygen atoms in total. The lowest BCUT2D eigenvalue weighted by atomic mass is 10.2. The van der Waals surface area contributed by atoms with Crippen LogP contribution in [0.15, 0.2) is 30.6 Å². The Bertz CT molecular complexity index is 1010. The van der Waals surface area contributed by atoms with Gasteiger partial charge < -0.3 is 14.4 Å². The van der Waals surface area contributed by atoms with Crippen molar-refractivity contribution in [1.29, 1.82) is 0 Å². The van der Waals surface area contributed by atoms with Crippen LogP contribution in [0.1, 0.15) is 30.0 Å². The molecule has 3 aromatic rings. The predicted molar refractivity (Wildman–Crippen MR) is 106 cm³/mol. The molecule has 0 fully saturated rings. The van der Waals surface area contributed by atoms with E-state index in [0.717, 1.165) is 0 Å². The first-order valence-corrected chi connectivity index (χ1v) is 9.28. The van der Waals surface area contributed by atoms with Gasteiger partial charge in [0.15, 0.2) is 17.3 Å². The maximum atomic E-state index is 11.7. The molecular weight excluding hydrogens is 403 g/mol. The minimum absolute atomic E-state index is 0.131. The lowest BCUT2D eigenvalue weighted by molar-refractivity contribution is 0.0683. The van der Waals surface area contributed by atoms with Crippen LogP contribution in [-0.2, 0) is 6.54 Å². The van der Waals surface area contributed by atoms with Gasteiger partial charge in [0.05, 0.1) is 28.1 Å². The number of hydrogen-bond donors (Lipinski definition) is 1. The number of nitrogens with zero attached hydrogens (tertiary/aromatic N) is 4. The monoisotopic (exact) mass is 420 g/mol. The Morgan fingerprint density at radius 2 is 1.89 bits per heavy atom. The molecule has 0 spiro atoms. The minimum atomic E-state index is -1.04. The number of carboxylic acid groups (broad SMARTS) is 1. The fourth-order valence-corrected chi connectivity index (χ4v) is 3.25. The first-order valence-electron chi connectivity index (χ1n) is 8.52. The van der Waals surface area contributed by atoms with Gasteiger partial charge in [0, 0.05) is 6.54 Å². The standard InChI is InChI=1S/C19H18Cl2N4O3/c1-10(2)9-25-16(19(26)27)11(3)23-18(25)14-7-22-8-15(24-14)28-17-12(20)5-4-6-13(17)21/h4-8,10H,9H2,1-3H3,(H,26,27).